The Balaban J connectivity index is 1.49. The highest BCUT2D eigenvalue weighted by Gasteiger charge is 2.17. The molecule has 0 aliphatic heterocycles. The summed E-state index contributed by atoms with van der Waals surface area (Å²) in [6, 6.07) is 24.2. The maximum atomic E-state index is 5.36. The maximum Gasteiger partial charge on any atom is 0.236 e. The van der Waals surface area contributed by atoms with Gasteiger partial charge in [0, 0.05) is 24.0 Å². The zero-order valence-electron chi connectivity index (χ0n) is 18.4. The Bertz CT molecular complexity index is 1470. The normalized spacial score (nSPS) is 10.6. The van der Waals surface area contributed by atoms with Gasteiger partial charge in [0.2, 0.25) is 5.78 Å². The topological polar surface area (TPSA) is 51.5 Å². The van der Waals surface area contributed by atoms with Gasteiger partial charge >= 0.3 is 0 Å². The largest absolute Gasteiger partial charge is 0.497 e. The van der Waals surface area contributed by atoms with Gasteiger partial charge in [0.05, 0.1) is 16.9 Å². The van der Waals surface area contributed by atoms with E-state index in [2.05, 4.69) is 34.3 Å². The van der Waals surface area contributed by atoms with Crippen molar-refractivity contribution in [1.82, 2.24) is 14.4 Å². The third-order valence-corrected chi connectivity index (χ3v) is 6.18. The summed E-state index contributed by atoms with van der Waals surface area (Å²) in [5, 5.41) is 3.56. The molecule has 0 spiro atoms. The van der Waals surface area contributed by atoms with Gasteiger partial charge in [-0.05, 0) is 55.0 Å². The van der Waals surface area contributed by atoms with Crippen molar-refractivity contribution in [2.75, 3.05) is 12.4 Å². The summed E-state index contributed by atoms with van der Waals surface area (Å²) in [5.41, 5.74) is 3.92. The van der Waals surface area contributed by atoms with Crippen LogP contribution in [0.5, 0.6) is 5.75 Å². The van der Waals surface area contributed by atoms with E-state index in [1.54, 1.807) is 18.4 Å². The van der Waals surface area contributed by atoms with Gasteiger partial charge in [-0.25, -0.2) is 9.97 Å². The molecular formula is C27H22N4OS. The Kier molecular flexibility index (Phi) is 5.79. The molecule has 33 heavy (non-hydrogen) atoms. The number of thiophene rings is 1. The Morgan fingerprint density at radius 3 is 2.70 bits per heavy atom. The van der Waals surface area contributed by atoms with Crippen LogP contribution in [0.2, 0.25) is 0 Å². The predicted octanol–water partition coefficient (Wildman–Crippen LogP) is 5.79. The average molecular weight is 451 g/mol. The minimum atomic E-state index is 0.637. The SMILES string of the molecule is COc1cccc(CNc2c(-c3ccc(C#Cc4ccccc4)s3)nc3nc(C)ccn23)c1. The summed E-state index contributed by atoms with van der Waals surface area (Å²) >= 11 is 1.63. The lowest BCUT2D eigenvalue weighted by atomic mass is 10.2. The number of aromatic nitrogens is 3. The quantitative estimate of drug-likeness (QED) is 0.345. The number of hydrogen-bond donors (Lipinski definition) is 1. The summed E-state index contributed by atoms with van der Waals surface area (Å²) in [6.07, 6.45) is 2.01. The molecule has 2 aromatic carbocycles. The molecule has 0 unspecified atom stereocenters. The lowest BCUT2D eigenvalue weighted by Gasteiger charge is -2.09. The van der Waals surface area contributed by atoms with Gasteiger partial charge < -0.3 is 10.1 Å². The number of anilines is 1. The molecule has 6 heteroatoms. The second-order valence-corrected chi connectivity index (χ2v) is 8.62. The second kappa shape index (κ2) is 9.19. The Hall–Kier alpha value is -4.08. The van der Waals surface area contributed by atoms with Crippen molar-refractivity contribution in [3.05, 3.63) is 101 Å². The molecule has 0 aliphatic carbocycles. The van der Waals surface area contributed by atoms with E-state index in [0.29, 0.717) is 12.3 Å². The molecule has 5 nitrogen and oxygen atoms in total. The number of nitrogens with one attached hydrogen (secondary N) is 1. The average Bonchev–Trinajstić information content (AvgIpc) is 3.46. The number of imidazole rings is 1. The van der Waals surface area contributed by atoms with Crippen molar-refractivity contribution >= 4 is 22.9 Å². The minimum absolute atomic E-state index is 0.637. The lowest BCUT2D eigenvalue weighted by Crippen LogP contribution is -2.04. The third kappa shape index (κ3) is 4.59. The highest BCUT2D eigenvalue weighted by atomic mass is 32.1. The van der Waals surface area contributed by atoms with Crippen LogP contribution in [0.4, 0.5) is 5.82 Å². The molecule has 3 heterocycles. The fraction of sp³-hybridized carbons (Fsp3) is 0.111. The number of nitrogens with zero attached hydrogens (tertiary/aromatic N) is 3. The van der Waals surface area contributed by atoms with Crippen LogP contribution in [0.1, 0.15) is 21.7 Å². The molecule has 3 aromatic heterocycles. The van der Waals surface area contributed by atoms with Crippen LogP contribution in [0.15, 0.2) is 79.0 Å². The van der Waals surface area contributed by atoms with Crippen LogP contribution >= 0.6 is 11.3 Å². The first-order valence-electron chi connectivity index (χ1n) is 10.6. The molecule has 0 aliphatic rings. The molecule has 5 aromatic rings. The first-order chi connectivity index (χ1) is 16.2. The molecule has 0 saturated heterocycles. The fourth-order valence-electron chi connectivity index (χ4n) is 3.51. The van der Waals surface area contributed by atoms with E-state index < -0.39 is 0 Å². The molecule has 0 amide bonds. The van der Waals surface area contributed by atoms with Crippen molar-refractivity contribution in [3.63, 3.8) is 0 Å². The number of ether oxygens (including phenoxy) is 1. The van der Waals surface area contributed by atoms with Crippen LogP contribution < -0.4 is 10.1 Å². The standard InChI is InChI=1S/C27H22N4OS/c1-19-15-16-31-26(28-18-21-9-6-10-22(17-21)32-2)25(30-27(31)29-19)24-14-13-23(33-24)12-11-20-7-4-3-5-8-20/h3-10,13-17,28H,18H2,1-2H3. The summed E-state index contributed by atoms with van der Waals surface area (Å²) in [4.78, 5) is 11.5. The number of benzene rings is 2. The molecule has 0 bridgehead atoms. The Morgan fingerprint density at radius 1 is 0.970 bits per heavy atom. The van der Waals surface area contributed by atoms with E-state index in [4.69, 9.17) is 9.72 Å². The van der Waals surface area contributed by atoms with E-state index in [1.807, 2.05) is 78.2 Å². The Labute approximate surface area is 196 Å². The number of fused-ring (bicyclic) bond motifs is 1. The third-order valence-electron chi connectivity index (χ3n) is 5.17. The van der Waals surface area contributed by atoms with Gasteiger partial charge in [-0.15, -0.1) is 11.3 Å². The highest BCUT2D eigenvalue weighted by molar-refractivity contribution is 7.16. The van der Waals surface area contributed by atoms with Crippen LogP contribution in [-0.4, -0.2) is 21.5 Å². The molecule has 0 radical (unpaired) electrons. The first kappa shape index (κ1) is 20.8. The van der Waals surface area contributed by atoms with E-state index in [0.717, 1.165) is 43.8 Å². The van der Waals surface area contributed by atoms with Crippen molar-refractivity contribution < 1.29 is 4.74 Å². The molecule has 1 N–H and O–H groups in total. The minimum Gasteiger partial charge on any atom is -0.497 e. The van der Waals surface area contributed by atoms with Gasteiger partial charge in [0.15, 0.2) is 0 Å². The van der Waals surface area contributed by atoms with E-state index in [-0.39, 0.29) is 0 Å². The van der Waals surface area contributed by atoms with Gasteiger partial charge in [-0.3, -0.25) is 4.40 Å². The summed E-state index contributed by atoms with van der Waals surface area (Å²) in [6.45, 7) is 2.61. The number of hydrogen-bond acceptors (Lipinski definition) is 5. The zero-order chi connectivity index (χ0) is 22.6. The summed E-state index contributed by atoms with van der Waals surface area (Å²) in [5.74, 6) is 8.91. The van der Waals surface area contributed by atoms with Crippen molar-refractivity contribution in [2.45, 2.75) is 13.5 Å². The van der Waals surface area contributed by atoms with E-state index in [9.17, 15) is 0 Å². The molecule has 5 rings (SSSR count). The Morgan fingerprint density at radius 2 is 1.85 bits per heavy atom. The van der Waals surface area contributed by atoms with Gasteiger partial charge in [0.1, 0.15) is 17.3 Å². The molecule has 0 fully saturated rings. The number of aryl methyl sites for hydroxylation is 1. The second-order valence-electron chi connectivity index (χ2n) is 7.53. The first-order valence-corrected chi connectivity index (χ1v) is 11.4. The molecular weight excluding hydrogens is 428 g/mol. The monoisotopic (exact) mass is 450 g/mol. The van der Waals surface area contributed by atoms with Gasteiger partial charge in [-0.1, -0.05) is 42.2 Å². The fourth-order valence-corrected chi connectivity index (χ4v) is 4.37. The lowest BCUT2D eigenvalue weighted by molar-refractivity contribution is 0.414. The summed E-state index contributed by atoms with van der Waals surface area (Å²) < 4.78 is 7.36. The van der Waals surface area contributed by atoms with Crippen molar-refractivity contribution in [2.24, 2.45) is 0 Å². The molecule has 0 saturated carbocycles. The van der Waals surface area contributed by atoms with Crippen molar-refractivity contribution in [1.29, 1.82) is 0 Å². The number of methoxy groups -OCH3 is 1. The number of rotatable bonds is 5. The predicted molar refractivity (Wildman–Crippen MR) is 134 cm³/mol. The summed E-state index contributed by atoms with van der Waals surface area (Å²) in [7, 11) is 1.68. The van der Waals surface area contributed by atoms with Gasteiger partial charge in [0.25, 0.3) is 0 Å². The molecule has 0 atom stereocenters. The highest BCUT2D eigenvalue weighted by Crippen LogP contribution is 2.34. The van der Waals surface area contributed by atoms with Crippen molar-refractivity contribution in [3.8, 4) is 28.2 Å². The van der Waals surface area contributed by atoms with E-state index in [1.165, 1.54) is 0 Å². The smallest absolute Gasteiger partial charge is 0.236 e. The van der Waals surface area contributed by atoms with Crippen LogP contribution in [0.3, 0.4) is 0 Å². The molecule has 162 valence electrons. The van der Waals surface area contributed by atoms with Crippen LogP contribution in [-0.2, 0) is 6.54 Å². The zero-order valence-corrected chi connectivity index (χ0v) is 19.2. The maximum absolute atomic E-state index is 5.36. The van der Waals surface area contributed by atoms with Crippen LogP contribution in [0, 0.1) is 18.8 Å². The van der Waals surface area contributed by atoms with Crippen LogP contribution in [0.25, 0.3) is 16.3 Å². The van der Waals surface area contributed by atoms with E-state index >= 15 is 0 Å². The van der Waals surface area contributed by atoms with Gasteiger partial charge in [-0.2, -0.15) is 0 Å².